The molecule has 1 aliphatic carbocycles. The molecule has 1 saturated heterocycles. The van der Waals surface area contributed by atoms with Gasteiger partial charge in [0.2, 0.25) is 5.91 Å². The van der Waals surface area contributed by atoms with Crippen LogP contribution < -0.4 is 10.5 Å². The molecule has 2 atom stereocenters. The normalized spacial score (nSPS) is 21.0. The fourth-order valence-electron chi connectivity index (χ4n) is 6.09. The Hall–Kier alpha value is -3.49. The first-order valence-corrected chi connectivity index (χ1v) is 14.3. The van der Waals surface area contributed by atoms with Crippen molar-refractivity contribution in [1.29, 1.82) is 0 Å². The van der Waals surface area contributed by atoms with Gasteiger partial charge in [-0.1, -0.05) is 45.4 Å². The highest BCUT2D eigenvalue weighted by molar-refractivity contribution is 5.81. The zero-order chi connectivity index (χ0) is 31.2. The molecule has 1 aliphatic heterocycles. The molecule has 42 heavy (non-hydrogen) atoms. The minimum atomic E-state index is -4.50. The van der Waals surface area contributed by atoms with E-state index >= 15 is 0 Å². The van der Waals surface area contributed by atoms with Gasteiger partial charge in [-0.2, -0.15) is 13.2 Å². The molecule has 1 fully saturated rings. The number of halogens is 3. The summed E-state index contributed by atoms with van der Waals surface area (Å²) >= 11 is 0. The number of benzene rings is 2. The van der Waals surface area contributed by atoms with E-state index in [1.54, 1.807) is 25.0 Å². The maximum absolute atomic E-state index is 13.5. The van der Waals surface area contributed by atoms with E-state index in [9.17, 15) is 22.8 Å². The molecule has 0 unspecified atom stereocenters. The topological polar surface area (TPSA) is 81.9 Å². The van der Waals surface area contributed by atoms with E-state index < -0.39 is 35.4 Å². The number of primary amides is 1. The molecule has 9 heteroatoms. The van der Waals surface area contributed by atoms with Crippen LogP contribution in [0, 0.1) is 17.8 Å². The van der Waals surface area contributed by atoms with Gasteiger partial charge in [0.1, 0.15) is 11.9 Å². The molecule has 0 radical (unpaired) electrons. The Morgan fingerprint density at radius 1 is 1.17 bits per heavy atom. The number of methoxy groups -OCH3 is 1. The number of allylic oxidation sites excluding steroid dienone is 1. The van der Waals surface area contributed by atoms with E-state index in [2.05, 4.69) is 13.8 Å². The Morgan fingerprint density at radius 2 is 1.86 bits per heavy atom. The van der Waals surface area contributed by atoms with Gasteiger partial charge in [0.25, 0.3) is 0 Å². The summed E-state index contributed by atoms with van der Waals surface area (Å²) in [5.41, 5.74) is 8.89. The van der Waals surface area contributed by atoms with Crippen molar-refractivity contribution in [2.24, 2.45) is 16.6 Å². The van der Waals surface area contributed by atoms with Gasteiger partial charge in [0.05, 0.1) is 18.7 Å². The number of nitrogens with zero attached hydrogens (tertiary/aromatic N) is 1. The number of carbonyl (C=O) groups excluding carboxylic acids is 2. The van der Waals surface area contributed by atoms with Gasteiger partial charge in [-0.25, -0.2) is 4.79 Å². The van der Waals surface area contributed by atoms with Crippen LogP contribution in [0.15, 0.2) is 42.0 Å². The molecule has 4 rings (SSSR count). The standard InChI is InChI=1S/C33H41F3N2O4/c1-19-12-22(15-24(13-19)33(34,35)36)28-20(2)38(30(40)42-28)18-23-17-31(3,4)11-10-25(23)26-14-21(8-9-27(26)41-7)16-32(5,6)29(37)39/h8-9,12-15,20,28H,10-11,16-18H2,1-7H3,(H2,37,39)/t20-,28-/m0/s1. The lowest BCUT2D eigenvalue weighted by Gasteiger charge is -2.36. The van der Waals surface area contributed by atoms with Crippen molar-refractivity contribution in [3.8, 4) is 5.75 Å². The average molecular weight is 587 g/mol. The quantitative estimate of drug-likeness (QED) is 0.345. The Labute approximate surface area is 246 Å². The summed E-state index contributed by atoms with van der Waals surface area (Å²) in [5.74, 6) is 0.309. The predicted molar refractivity (Wildman–Crippen MR) is 156 cm³/mol. The second-order valence-corrected chi connectivity index (χ2v) is 13.2. The number of hydrogen-bond acceptors (Lipinski definition) is 4. The maximum Gasteiger partial charge on any atom is 0.416 e. The molecule has 2 aliphatic rings. The number of amides is 2. The summed E-state index contributed by atoms with van der Waals surface area (Å²) < 4.78 is 52.0. The molecule has 0 bridgehead atoms. The Morgan fingerprint density at radius 3 is 2.48 bits per heavy atom. The minimum Gasteiger partial charge on any atom is -0.496 e. The van der Waals surface area contributed by atoms with E-state index in [0.29, 0.717) is 23.3 Å². The van der Waals surface area contributed by atoms with Crippen molar-refractivity contribution in [2.45, 2.75) is 85.5 Å². The third-order valence-electron chi connectivity index (χ3n) is 8.58. The number of carbonyl (C=O) groups is 2. The van der Waals surface area contributed by atoms with Crippen LogP contribution in [-0.2, 0) is 22.1 Å². The van der Waals surface area contributed by atoms with Crippen molar-refractivity contribution in [3.63, 3.8) is 0 Å². The van der Waals surface area contributed by atoms with Crippen molar-refractivity contribution in [2.75, 3.05) is 13.7 Å². The van der Waals surface area contributed by atoms with Crippen LogP contribution in [-0.4, -0.2) is 36.6 Å². The highest BCUT2D eigenvalue weighted by Crippen LogP contribution is 2.46. The number of cyclic esters (lactones) is 1. The average Bonchev–Trinajstić information content (AvgIpc) is 3.15. The largest absolute Gasteiger partial charge is 0.496 e. The number of rotatable bonds is 8. The van der Waals surface area contributed by atoms with Crippen molar-refractivity contribution in [3.05, 3.63) is 69.8 Å². The third-order valence-corrected chi connectivity index (χ3v) is 8.58. The highest BCUT2D eigenvalue weighted by Gasteiger charge is 2.42. The van der Waals surface area contributed by atoms with Crippen LogP contribution in [0.25, 0.3) is 5.57 Å². The van der Waals surface area contributed by atoms with Crippen molar-refractivity contribution >= 4 is 17.6 Å². The van der Waals surface area contributed by atoms with Crippen LogP contribution in [0.4, 0.5) is 18.0 Å². The Bertz CT molecular complexity index is 1410. The van der Waals surface area contributed by atoms with Crippen LogP contribution in [0.5, 0.6) is 5.75 Å². The van der Waals surface area contributed by atoms with Gasteiger partial charge in [-0.15, -0.1) is 0 Å². The molecule has 0 saturated carbocycles. The first-order valence-electron chi connectivity index (χ1n) is 14.3. The van der Waals surface area contributed by atoms with Gasteiger partial charge in [-0.05, 0) is 91.5 Å². The van der Waals surface area contributed by atoms with E-state index in [-0.39, 0.29) is 17.9 Å². The van der Waals surface area contributed by atoms with E-state index in [0.717, 1.165) is 53.7 Å². The first kappa shape index (κ1) is 31.4. The second-order valence-electron chi connectivity index (χ2n) is 13.2. The summed E-state index contributed by atoms with van der Waals surface area (Å²) in [7, 11) is 1.61. The van der Waals surface area contributed by atoms with E-state index in [1.165, 1.54) is 0 Å². The number of nitrogens with two attached hydrogens (primary N) is 1. The molecule has 6 nitrogen and oxygen atoms in total. The van der Waals surface area contributed by atoms with Gasteiger partial charge >= 0.3 is 12.3 Å². The molecular formula is C33H41F3N2O4. The molecule has 2 N–H and O–H groups in total. The van der Waals surface area contributed by atoms with E-state index in [4.69, 9.17) is 15.2 Å². The maximum atomic E-state index is 13.5. The third kappa shape index (κ3) is 6.60. The van der Waals surface area contributed by atoms with Gasteiger partial charge in [0, 0.05) is 17.5 Å². The molecule has 2 aromatic carbocycles. The summed E-state index contributed by atoms with van der Waals surface area (Å²) in [6.45, 7) is 11.7. The zero-order valence-corrected chi connectivity index (χ0v) is 25.4. The number of ether oxygens (including phenoxy) is 2. The SMILES string of the molecule is COc1ccc(CC(C)(C)C(N)=O)cc1C1=C(CN2C(=O)O[C@H](c3cc(C)cc(C(F)(F)F)c3)[C@@H]2C)CC(C)(C)CC1. The smallest absolute Gasteiger partial charge is 0.416 e. The number of alkyl halides is 3. The lowest BCUT2D eigenvalue weighted by molar-refractivity contribution is -0.137. The lowest BCUT2D eigenvalue weighted by Crippen LogP contribution is -2.35. The lowest BCUT2D eigenvalue weighted by atomic mass is 9.72. The van der Waals surface area contributed by atoms with E-state index in [1.807, 2.05) is 39.0 Å². The molecule has 2 amide bonds. The fourth-order valence-corrected chi connectivity index (χ4v) is 6.09. The molecule has 1 heterocycles. The molecule has 0 aromatic heterocycles. The van der Waals surface area contributed by atoms with Gasteiger partial charge < -0.3 is 15.2 Å². The van der Waals surface area contributed by atoms with Crippen LogP contribution >= 0.6 is 0 Å². The first-order chi connectivity index (χ1) is 19.4. The monoisotopic (exact) mass is 586 g/mol. The zero-order valence-electron chi connectivity index (χ0n) is 25.4. The van der Waals surface area contributed by atoms with Gasteiger partial charge in [0.15, 0.2) is 0 Å². The second kappa shape index (κ2) is 11.3. The molecule has 228 valence electrons. The highest BCUT2D eigenvalue weighted by atomic mass is 19.4. The van der Waals surface area contributed by atoms with Crippen molar-refractivity contribution < 1.29 is 32.2 Å². The van der Waals surface area contributed by atoms with Crippen molar-refractivity contribution in [1.82, 2.24) is 4.90 Å². The van der Waals surface area contributed by atoms with Crippen LogP contribution in [0.2, 0.25) is 0 Å². The number of hydrogen-bond donors (Lipinski definition) is 1. The summed E-state index contributed by atoms with van der Waals surface area (Å²) in [6, 6.07) is 9.19. The predicted octanol–water partition coefficient (Wildman–Crippen LogP) is 7.62. The Balaban J connectivity index is 1.72. The summed E-state index contributed by atoms with van der Waals surface area (Å²) in [4.78, 5) is 26.8. The van der Waals surface area contributed by atoms with Gasteiger partial charge in [-0.3, -0.25) is 9.69 Å². The van der Waals surface area contributed by atoms with Crippen LogP contribution in [0.1, 0.15) is 87.8 Å². The fraction of sp³-hybridized carbons (Fsp3) is 0.515. The number of aryl methyl sites for hydroxylation is 1. The molecule has 2 aromatic rings. The minimum absolute atomic E-state index is 0.0118. The Kier molecular flexibility index (Phi) is 8.46. The molecular weight excluding hydrogens is 545 g/mol. The summed E-state index contributed by atoms with van der Waals surface area (Å²) in [5, 5.41) is 0. The van der Waals surface area contributed by atoms with Crippen LogP contribution in [0.3, 0.4) is 0 Å². The molecule has 0 spiro atoms. The summed E-state index contributed by atoms with van der Waals surface area (Å²) in [6.07, 6.45) is -3.00.